The number of halogens is 1. The first kappa shape index (κ1) is 14.4. The van der Waals surface area contributed by atoms with Crippen LogP contribution in [0, 0.1) is 0 Å². The van der Waals surface area contributed by atoms with Gasteiger partial charge in [-0.25, -0.2) is 9.89 Å². The van der Waals surface area contributed by atoms with Gasteiger partial charge in [-0.2, -0.15) is 0 Å². The van der Waals surface area contributed by atoms with Crippen molar-refractivity contribution in [3.05, 3.63) is 44.8 Å². The number of aromatic amines is 1. The lowest BCUT2D eigenvalue weighted by atomic mass is 10.2. The van der Waals surface area contributed by atoms with Crippen LogP contribution in [0.5, 0.6) is 0 Å². The predicted molar refractivity (Wildman–Crippen MR) is 81.5 cm³/mol. The summed E-state index contributed by atoms with van der Waals surface area (Å²) in [6.45, 7) is 2.84. The number of nitrogens with one attached hydrogen (secondary N) is 1. The van der Waals surface area contributed by atoms with Gasteiger partial charge < -0.3 is 0 Å². The number of hydrogen-bond acceptors (Lipinski definition) is 3. The van der Waals surface area contributed by atoms with Gasteiger partial charge in [0.2, 0.25) is 0 Å². The molecule has 0 aliphatic carbocycles. The van der Waals surface area contributed by atoms with Crippen molar-refractivity contribution in [1.29, 1.82) is 0 Å². The monoisotopic (exact) mass is 341 g/mol. The second-order valence-electron chi connectivity index (χ2n) is 4.24. The minimum Gasteiger partial charge on any atom is -0.270 e. The van der Waals surface area contributed by atoms with E-state index in [-0.39, 0.29) is 5.69 Å². The van der Waals surface area contributed by atoms with Crippen molar-refractivity contribution in [3.8, 4) is 0 Å². The summed E-state index contributed by atoms with van der Waals surface area (Å²) in [5, 5.41) is 7.37. The molecule has 6 heteroatoms. The van der Waals surface area contributed by atoms with Crippen LogP contribution >= 0.6 is 27.7 Å². The van der Waals surface area contributed by atoms with Crippen LogP contribution in [0.2, 0.25) is 0 Å². The summed E-state index contributed by atoms with van der Waals surface area (Å²) >= 11 is 5.03. The highest BCUT2D eigenvalue weighted by Crippen LogP contribution is 2.21. The van der Waals surface area contributed by atoms with Crippen molar-refractivity contribution in [2.45, 2.75) is 37.2 Å². The molecule has 19 heavy (non-hydrogen) atoms. The number of H-pyrrole nitrogens is 1. The molecule has 0 unspecified atom stereocenters. The highest BCUT2D eigenvalue weighted by Gasteiger charge is 2.08. The minimum atomic E-state index is -0.120. The Morgan fingerprint density at radius 2 is 2.32 bits per heavy atom. The molecule has 1 aromatic heterocycles. The molecule has 2 aromatic rings. The van der Waals surface area contributed by atoms with Gasteiger partial charge in [-0.3, -0.25) is 4.57 Å². The van der Waals surface area contributed by atoms with Crippen molar-refractivity contribution in [1.82, 2.24) is 14.8 Å². The van der Waals surface area contributed by atoms with Crippen LogP contribution in [0.15, 0.2) is 38.7 Å². The quantitative estimate of drug-likeness (QED) is 0.819. The molecule has 102 valence electrons. The Hall–Kier alpha value is -1.01. The third-order valence-corrected chi connectivity index (χ3v) is 4.26. The first-order valence-corrected chi connectivity index (χ1v) is 8.01. The molecule has 0 bridgehead atoms. The maximum Gasteiger partial charge on any atom is 0.343 e. The van der Waals surface area contributed by atoms with E-state index in [1.165, 1.54) is 5.56 Å². The minimum absolute atomic E-state index is 0.120. The van der Waals surface area contributed by atoms with E-state index in [2.05, 4.69) is 45.2 Å². The Bertz CT molecular complexity index is 594. The summed E-state index contributed by atoms with van der Waals surface area (Å²) in [4.78, 5) is 11.6. The SMILES string of the molecule is CCCCn1c(SCc2cccc(Br)c2)n[nH]c1=O. The summed E-state index contributed by atoms with van der Waals surface area (Å²) in [6.07, 6.45) is 2.05. The van der Waals surface area contributed by atoms with Crippen LogP contribution in [0.3, 0.4) is 0 Å². The van der Waals surface area contributed by atoms with Crippen molar-refractivity contribution < 1.29 is 0 Å². The first-order valence-electron chi connectivity index (χ1n) is 6.23. The number of benzene rings is 1. The third kappa shape index (κ3) is 3.98. The van der Waals surface area contributed by atoms with Crippen molar-refractivity contribution in [3.63, 3.8) is 0 Å². The molecule has 0 radical (unpaired) electrons. The van der Waals surface area contributed by atoms with Crippen LogP contribution in [-0.2, 0) is 12.3 Å². The first-order chi connectivity index (χ1) is 9.20. The molecule has 0 saturated carbocycles. The molecule has 0 amide bonds. The van der Waals surface area contributed by atoms with E-state index in [1.807, 2.05) is 12.1 Å². The zero-order valence-electron chi connectivity index (χ0n) is 10.7. The Morgan fingerprint density at radius 3 is 3.05 bits per heavy atom. The summed E-state index contributed by atoms with van der Waals surface area (Å²) in [5.41, 5.74) is 1.09. The van der Waals surface area contributed by atoms with E-state index in [0.29, 0.717) is 0 Å². The topological polar surface area (TPSA) is 50.7 Å². The largest absolute Gasteiger partial charge is 0.343 e. The van der Waals surface area contributed by atoms with Gasteiger partial charge in [-0.05, 0) is 24.1 Å². The van der Waals surface area contributed by atoms with E-state index in [1.54, 1.807) is 16.3 Å². The molecule has 0 atom stereocenters. The van der Waals surface area contributed by atoms with Crippen LogP contribution in [-0.4, -0.2) is 14.8 Å². The van der Waals surface area contributed by atoms with E-state index < -0.39 is 0 Å². The molecular formula is C13H16BrN3OS. The Kier molecular flexibility index (Phi) is 5.27. The molecule has 0 saturated heterocycles. The maximum atomic E-state index is 11.6. The summed E-state index contributed by atoms with van der Waals surface area (Å²) < 4.78 is 2.78. The van der Waals surface area contributed by atoms with Crippen LogP contribution < -0.4 is 5.69 Å². The van der Waals surface area contributed by atoms with Gasteiger partial charge in [-0.15, -0.1) is 5.10 Å². The number of nitrogens with zero attached hydrogens (tertiary/aromatic N) is 2. The normalized spacial score (nSPS) is 10.8. The average Bonchev–Trinajstić information content (AvgIpc) is 2.75. The smallest absolute Gasteiger partial charge is 0.270 e. The lowest BCUT2D eigenvalue weighted by Gasteiger charge is -2.04. The van der Waals surface area contributed by atoms with Gasteiger partial charge in [0, 0.05) is 16.8 Å². The Balaban J connectivity index is 2.05. The zero-order chi connectivity index (χ0) is 13.7. The fourth-order valence-electron chi connectivity index (χ4n) is 1.70. The maximum absolute atomic E-state index is 11.6. The van der Waals surface area contributed by atoms with Crippen molar-refractivity contribution in [2.75, 3.05) is 0 Å². The zero-order valence-corrected chi connectivity index (χ0v) is 13.1. The third-order valence-electron chi connectivity index (χ3n) is 2.72. The lowest BCUT2D eigenvalue weighted by Crippen LogP contribution is -2.17. The molecule has 1 heterocycles. The fraction of sp³-hybridized carbons (Fsp3) is 0.385. The highest BCUT2D eigenvalue weighted by molar-refractivity contribution is 9.10. The van der Waals surface area contributed by atoms with Crippen LogP contribution in [0.4, 0.5) is 0 Å². The highest BCUT2D eigenvalue weighted by atomic mass is 79.9. The molecular weight excluding hydrogens is 326 g/mol. The Morgan fingerprint density at radius 1 is 1.47 bits per heavy atom. The standard InChI is InChI=1S/C13H16BrN3OS/c1-2-3-7-17-12(18)15-16-13(17)19-9-10-5-4-6-11(14)8-10/h4-6,8H,2-3,7,9H2,1H3,(H,15,18). The van der Waals surface area contributed by atoms with E-state index in [9.17, 15) is 4.79 Å². The van der Waals surface area contributed by atoms with Gasteiger partial charge >= 0.3 is 5.69 Å². The number of hydrogen-bond donors (Lipinski definition) is 1. The van der Waals surface area contributed by atoms with E-state index in [0.717, 1.165) is 34.8 Å². The van der Waals surface area contributed by atoms with Gasteiger partial charge in [0.05, 0.1) is 0 Å². The predicted octanol–water partition coefficient (Wildman–Crippen LogP) is 3.43. The Labute approximate surface area is 124 Å². The molecule has 1 aromatic carbocycles. The molecule has 4 nitrogen and oxygen atoms in total. The molecule has 1 N–H and O–H groups in total. The van der Waals surface area contributed by atoms with Crippen molar-refractivity contribution in [2.24, 2.45) is 0 Å². The second-order valence-corrected chi connectivity index (χ2v) is 6.09. The van der Waals surface area contributed by atoms with Crippen LogP contribution in [0.1, 0.15) is 25.3 Å². The van der Waals surface area contributed by atoms with Gasteiger partial charge in [-0.1, -0.05) is 53.2 Å². The van der Waals surface area contributed by atoms with Gasteiger partial charge in [0.1, 0.15) is 0 Å². The number of thioether (sulfide) groups is 1. The van der Waals surface area contributed by atoms with E-state index in [4.69, 9.17) is 0 Å². The van der Waals surface area contributed by atoms with E-state index >= 15 is 0 Å². The van der Waals surface area contributed by atoms with Gasteiger partial charge in [0.15, 0.2) is 5.16 Å². The fourth-order valence-corrected chi connectivity index (χ4v) is 3.06. The summed E-state index contributed by atoms with van der Waals surface area (Å²) in [5.74, 6) is 0.801. The summed E-state index contributed by atoms with van der Waals surface area (Å²) in [6, 6.07) is 8.15. The summed E-state index contributed by atoms with van der Waals surface area (Å²) in [7, 11) is 0. The van der Waals surface area contributed by atoms with Crippen molar-refractivity contribution >= 4 is 27.7 Å². The second kappa shape index (κ2) is 6.96. The van der Waals surface area contributed by atoms with Gasteiger partial charge in [0.25, 0.3) is 0 Å². The van der Waals surface area contributed by atoms with Crippen LogP contribution in [0.25, 0.3) is 0 Å². The number of rotatable bonds is 6. The molecule has 0 fully saturated rings. The number of aromatic nitrogens is 3. The molecule has 2 rings (SSSR count). The lowest BCUT2D eigenvalue weighted by molar-refractivity contribution is 0.573. The molecule has 0 aliphatic heterocycles. The molecule has 0 aliphatic rings. The number of unbranched alkanes of at least 4 members (excludes halogenated alkanes) is 1. The average molecular weight is 342 g/mol. The molecule has 0 spiro atoms.